The smallest absolute Gasteiger partial charge is 0.303 e. The van der Waals surface area contributed by atoms with Crippen molar-refractivity contribution in [2.24, 2.45) is 5.92 Å². The number of amides is 2. The molecule has 1 aromatic carbocycles. The van der Waals surface area contributed by atoms with Gasteiger partial charge in [0.2, 0.25) is 21.8 Å². The van der Waals surface area contributed by atoms with Gasteiger partial charge in [-0.1, -0.05) is 42.9 Å². The topological polar surface area (TPSA) is 182 Å². The Hall–Kier alpha value is -3.40. The summed E-state index contributed by atoms with van der Waals surface area (Å²) in [6.07, 6.45) is 7.89. The Morgan fingerprint density at radius 3 is 2.46 bits per heavy atom. The molecule has 276 valence electrons. The molecule has 3 aliphatic heterocycles. The maximum absolute atomic E-state index is 12.8. The van der Waals surface area contributed by atoms with Crippen molar-refractivity contribution < 1.29 is 46.9 Å². The Morgan fingerprint density at radius 2 is 1.82 bits per heavy atom. The van der Waals surface area contributed by atoms with Gasteiger partial charge in [0.15, 0.2) is 0 Å². The highest BCUT2D eigenvalue weighted by Crippen LogP contribution is 2.43. The first-order chi connectivity index (χ1) is 23.6. The molecule has 3 heterocycles. The number of benzene rings is 1. The molecule has 0 aliphatic carbocycles. The number of hydrogen-bond donors (Lipinski definition) is 4. The minimum absolute atomic E-state index is 0.0390. The maximum atomic E-state index is 12.8. The van der Waals surface area contributed by atoms with E-state index in [4.69, 9.17) is 18.9 Å². The second-order valence-corrected chi connectivity index (χ2v) is 15.4. The van der Waals surface area contributed by atoms with Gasteiger partial charge in [-0.2, -0.15) is 0 Å². The zero-order chi connectivity index (χ0) is 36.6. The van der Waals surface area contributed by atoms with Crippen molar-refractivity contribution >= 4 is 27.8 Å². The molecule has 3 aliphatic rings. The van der Waals surface area contributed by atoms with Crippen LogP contribution in [-0.2, 0) is 49.9 Å². The van der Waals surface area contributed by atoms with Crippen molar-refractivity contribution in [1.29, 1.82) is 0 Å². The number of rotatable bonds is 14. The van der Waals surface area contributed by atoms with Crippen LogP contribution in [0.25, 0.3) is 0 Å². The lowest BCUT2D eigenvalue weighted by Crippen LogP contribution is -2.50. The third-order valence-corrected chi connectivity index (χ3v) is 10.8. The Bertz CT molecular complexity index is 1550. The second kappa shape index (κ2) is 17.2. The summed E-state index contributed by atoms with van der Waals surface area (Å²) in [5.74, 6) is -0.717. The molecular formula is C36H51N3O10S. The van der Waals surface area contributed by atoms with Crippen molar-refractivity contribution in [3.05, 3.63) is 65.8 Å². The lowest BCUT2D eigenvalue weighted by atomic mass is 9.87. The van der Waals surface area contributed by atoms with Crippen LogP contribution in [0.1, 0.15) is 65.9 Å². The number of carbonyl (C=O) groups is 3. The predicted molar refractivity (Wildman–Crippen MR) is 185 cm³/mol. The average molecular weight is 718 g/mol. The third-order valence-electron chi connectivity index (χ3n) is 9.33. The average Bonchev–Trinajstić information content (AvgIpc) is 3.84. The van der Waals surface area contributed by atoms with Crippen LogP contribution in [0.3, 0.4) is 0 Å². The summed E-state index contributed by atoms with van der Waals surface area (Å²) in [5, 5.41) is 16.9. The summed E-state index contributed by atoms with van der Waals surface area (Å²) in [4.78, 5) is 36.5. The van der Waals surface area contributed by atoms with Crippen LogP contribution in [0.4, 0.5) is 0 Å². The number of sulfonamides is 1. The molecular weight excluding hydrogens is 666 g/mol. The summed E-state index contributed by atoms with van der Waals surface area (Å²) < 4.78 is 49.3. The number of epoxide rings is 1. The highest BCUT2D eigenvalue weighted by atomic mass is 32.2. The van der Waals surface area contributed by atoms with E-state index in [0.29, 0.717) is 19.4 Å². The molecule has 0 saturated carbocycles. The van der Waals surface area contributed by atoms with Crippen LogP contribution in [0.2, 0.25) is 0 Å². The summed E-state index contributed by atoms with van der Waals surface area (Å²) in [6.45, 7) is 9.64. The second-order valence-electron chi connectivity index (χ2n) is 13.5. The number of carbonyl (C=O) groups excluding carboxylic acids is 3. The van der Waals surface area contributed by atoms with Gasteiger partial charge in [-0.3, -0.25) is 14.4 Å². The van der Waals surface area contributed by atoms with E-state index < -0.39 is 46.0 Å². The lowest BCUT2D eigenvalue weighted by molar-refractivity contribution is -0.145. The van der Waals surface area contributed by atoms with E-state index in [1.54, 1.807) is 25.1 Å². The summed E-state index contributed by atoms with van der Waals surface area (Å²) in [7, 11) is -2.19. The molecule has 3 saturated heterocycles. The van der Waals surface area contributed by atoms with Crippen molar-refractivity contribution in [2.45, 2.75) is 120 Å². The number of esters is 1. The molecule has 0 radical (unpaired) electrons. The molecule has 2 amide bonds. The fraction of sp³-hybridized carbons (Fsp3) is 0.583. The molecule has 0 bridgehead atoms. The molecule has 0 unspecified atom stereocenters. The molecule has 4 rings (SSSR count). The Kier molecular flexibility index (Phi) is 13.6. The van der Waals surface area contributed by atoms with Crippen molar-refractivity contribution in [3.8, 4) is 0 Å². The Balaban J connectivity index is 1.25. The number of aliphatic hydroxyl groups is 1. The van der Waals surface area contributed by atoms with Gasteiger partial charge in [0.1, 0.15) is 23.9 Å². The quantitative estimate of drug-likeness (QED) is 0.0967. The fourth-order valence-electron chi connectivity index (χ4n) is 6.27. The molecule has 9 atom stereocenters. The van der Waals surface area contributed by atoms with E-state index in [1.165, 1.54) is 38.3 Å². The zero-order valence-electron chi connectivity index (χ0n) is 29.6. The van der Waals surface area contributed by atoms with E-state index in [0.717, 1.165) is 17.6 Å². The number of ether oxygens (including phenoxy) is 4. The molecule has 1 aromatic rings. The van der Waals surface area contributed by atoms with Gasteiger partial charge in [0, 0.05) is 26.0 Å². The van der Waals surface area contributed by atoms with E-state index >= 15 is 0 Å². The zero-order valence-corrected chi connectivity index (χ0v) is 30.4. The van der Waals surface area contributed by atoms with Crippen LogP contribution < -0.4 is 15.4 Å². The number of hydrogen-bond acceptors (Lipinski definition) is 10. The van der Waals surface area contributed by atoms with Crippen molar-refractivity contribution in [3.63, 3.8) is 0 Å². The first-order valence-electron chi connectivity index (χ1n) is 17.0. The lowest BCUT2D eigenvalue weighted by Gasteiger charge is -2.39. The Labute approximate surface area is 294 Å². The highest BCUT2D eigenvalue weighted by molar-refractivity contribution is 7.89. The van der Waals surface area contributed by atoms with Gasteiger partial charge in [-0.05, 0) is 70.4 Å². The van der Waals surface area contributed by atoms with Crippen LogP contribution in [-0.4, -0.2) is 93.2 Å². The van der Waals surface area contributed by atoms with Crippen LogP contribution >= 0.6 is 0 Å². The van der Waals surface area contributed by atoms with E-state index in [-0.39, 0.29) is 53.8 Å². The van der Waals surface area contributed by atoms with Crippen molar-refractivity contribution in [2.75, 3.05) is 13.7 Å². The number of nitrogens with one attached hydrogen (secondary N) is 3. The van der Waals surface area contributed by atoms with Gasteiger partial charge in [0.25, 0.3) is 0 Å². The minimum Gasteiger partial charge on any atom is -0.459 e. The maximum Gasteiger partial charge on any atom is 0.303 e. The molecule has 3 fully saturated rings. The Morgan fingerprint density at radius 1 is 1.12 bits per heavy atom. The summed E-state index contributed by atoms with van der Waals surface area (Å²) in [5.41, 5.74) is 0.990. The third kappa shape index (κ3) is 11.0. The summed E-state index contributed by atoms with van der Waals surface area (Å²) >= 11 is 0. The highest BCUT2D eigenvalue weighted by Gasteiger charge is 2.58. The predicted octanol–water partition coefficient (Wildman–Crippen LogP) is 2.59. The van der Waals surface area contributed by atoms with Gasteiger partial charge in [0.05, 0.1) is 42.3 Å². The summed E-state index contributed by atoms with van der Waals surface area (Å²) in [6, 6.07) is 6.12. The molecule has 4 N–H and O–H groups in total. The van der Waals surface area contributed by atoms with Gasteiger partial charge >= 0.3 is 5.97 Å². The molecule has 0 aromatic heterocycles. The van der Waals surface area contributed by atoms with E-state index in [9.17, 15) is 27.9 Å². The van der Waals surface area contributed by atoms with E-state index in [1.807, 2.05) is 19.9 Å². The van der Waals surface area contributed by atoms with Gasteiger partial charge in [-0.15, -0.1) is 0 Å². The largest absolute Gasteiger partial charge is 0.459 e. The molecule has 50 heavy (non-hydrogen) atoms. The number of aliphatic hydroxyl groups excluding tert-OH is 1. The standard InChI is InChI=1S/C36H51N3O10S/c1-22(7-14-31-23(2)17-30(25(4)48-31)39-33(41)16-9-24(3)47-26(5)40)8-15-32-35(43)36(21-46-36)19-28(49-32)18-34(42)38-20-27-10-12-29(13-11-27)50(44,45)37-6/h7-13,15-16,23-25,28,30-32,35,37,43H,14,17-21H2,1-6H3,(H,38,42)(H,39,41)/b15-8+,16-9-,22-7+/t23-,24-,25+,28+,30+,31-,32+,35+,36+/m0/s1. The van der Waals surface area contributed by atoms with E-state index in [2.05, 4.69) is 28.4 Å². The van der Waals surface area contributed by atoms with Crippen LogP contribution in [0.15, 0.2) is 65.1 Å². The van der Waals surface area contributed by atoms with Crippen LogP contribution in [0, 0.1) is 5.92 Å². The normalized spacial score (nSPS) is 30.7. The first kappa shape index (κ1) is 39.4. The number of allylic oxidation sites excluding steroid dienone is 2. The molecule has 14 heteroatoms. The minimum atomic E-state index is -3.54. The SMILES string of the molecule is CNS(=O)(=O)c1ccc(CNC(=O)C[C@@H]2C[C@@]3(CO3)[C@H](O)[C@@H](/C=C/C(C)=C/C[C@@H]3O[C@H](C)[C@H](NC(=O)/C=C\[C@H](C)OC(C)=O)C[C@@H]3C)O2)cc1. The monoisotopic (exact) mass is 717 g/mol. The van der Waals surface area contributed by atoms with Gasteiger partial charge < -0.3 is 34.7 Å². The fourth-order valence-corrected chi connectivity index (χ4v) is 7.00. The van der Waals surface area contributed by atoms with Crippen molar-refractivity contribution in [1.82, 2.24) is 15.4 Å². The van der Waals surface area contributed by atoms with Crippen LogP contribution in [0.5, 0.6) is 0 Å². The molecule has 13 nitrogen and oxygen atoms in total. The first-order valence-corrected chi connectivity index (χ1v) is 18.5. The van der Waals surface area contributed by atoms with Gasteiger partial charge in [-0.25, -0.2) is 13.1 Å². The molecule has 1 spiro atoms.